The van der Waals surface area contributed by atoms with Crippen molar-refractivity contribution < 1.29 is 14.3 Å². The van der Waals surface area contributed by atoms with Crippen LogP contribution in [0.1, 0.15) is 41.6 Å². The lowest BCUT2D eigenvalue weighted by molar-refractivity contribution is -0.141. The van der Waals surface area contributed by atoms with Gasteiger partial charge < -0.3 is 19.4 Å². The lowest BCUT2D eigenvalue weighted by Gasteiger charge is -2.38. The van der Waals surface area contributed by atoms with Crippen LogP contribution in [0.2, 0.25) is 0 Å². The van der Waals surface area contributed by atoms with Gasteiger partial charge in [-0.3, -0.25) is 4.79 Å². The molecule has 0 N–H and O–H groups in total. The Morgan fingerprint density at radius 3 is 2.47 bits per heavy atom. The van der Waals surface area contributed by atoms with E-state index in [1.54, 1.807) is 0 Å². The summed E-state index contributed by atoms with van der Waals surface area (Å²) in [5.74, 6) is -0.286. The third-order valence-electron chi connectivity index (χ3n) is 7.34. The Kier molecular flexibility index (Phi) is 7.72. The van der Waals surface area contributed by atoms with E-state index in [2.05, 4.69) is 48.9 Å². The second-order valence-corrected chi connectivity index (χ2v) is 11.0. The van der Waals surface area contributed by atoms with E-state index in [9.17, 15) is 9.59 Å². The van der Waals surface area contributed by atoms with Crippen molar-refractivity contribution in [3.63, 3.8) is 0 Å². The summed E-state index contributed by atoms with van der Waals surface area (Å²) >= 11 is 1.51. The highest BCUT2D eigenvalue weighted by atomic mass is 32.2. The average Bonchev–Trinajstić information content (AvgIpc) is 3.29. The van der Waals surface area contributed by atoms with Crippen molar-refractivity contribution in [2.45, 2.75) is 39.8 Å². The molecule has 0 aliphatic carbocycles. The third kappa shape index (κ3) is 5.42. The Hall–Kier alpha value is -3.36. The summed E-state index contributed by atoms with van der Waals surface area (Å²) < 4.78 is 5.82. The van der Waals surface area contributed by atoms with Crippen LogP contribution in [0, 0.1) is 13.8 Å². The van der Waals surface area contributed by atoms with Crippen LogP contribution in [-0.4, -0.2) is 65.0 Å². The van der Waals surface area contributed by atoms with Gasteiger partial charge in [0, 0.05) is 31.9 Å². The van der Waals surface area contributed by atoms with Gasteiger partial charge >= 0.3 is 5.97 Å². The number of aryl methyl sites for hydroxylation is 2. The number of nitrogens with zero attached hydrogens (tertiary/aromatic N) is 4. The molecule has 1 amide bonds. The summed E-state index contributed by atoms with van der Waals surface area (Å²) in [4.78, 5) is 38.0. The Bertz CT molecular complexity index is 1330. The highest BCUT2D eigenvalue weighted by molar-refractivity contribution is 8.16. The number of carbonyl (C=O) groups excluding carboxylic acids is 2. The molecule has 0 saturated carbocycles. The molecule has 3 aliphatic rings. The maximum atomic E-state index is 13.7. The number of aliphatic imine (C=N–C) groups is 1. The first-order valence-corrected chi connectivity index (χ1v) is 13.9. The van der Waals surface area contributed by atoms with Gasteiger partial charge in [0.2, 0.25) is 5.91 Å². The fraction of sp³-hybridized carbons (Fsp3) is 0.367. The number of ether oxygens (including phenoxy) is 1. The highest BCUT2D eigenvalue weighted by Gasteiger charge is 2.42. The summed E-state index contributed by atoms with van der Waals surface area (Å²) in [5, 5.41) is 2.79. The van der Waals surface area contributed by atoms with E-state index >= 15 is 0 Å². The second kappa shape index (κ2) is 11.2. The van der Waals surface area contributed by atoms with E-state index in [4.69, 9.17) is 9.73 Å². The predicted molar refractivity (Wildman–Crippen MR) is 151 cm³/mol. The number of fused-ring (bicyclic) bond motifs is 1. The van der Waals surface area contributed by atoms with Gasteiger partial charge in [-0.25, -0.2) is 9.79 Å². The third-order valence-corrected chi connectivity index (χ3v) is 8.23. The van der Waals surface area contributed by atoms with Crippen LogP contribution in [0.15, 0.2) is 75.9 Å². The zero-order chi connectivity index (χ0) is 26.8. The molecule has 5 rings (SSSR count). The Morgan fingerprint density at radius 2 is 1.76 bits per heavy atom. The number of likely N-dealkylation sites (N-methyl/N-ethyl adjacent to an activating group) is 1. The van der Waals surface area contributed by atoms with Gasteiger partial charge in [0.25, 0.3) is 0 Å². The summed E-state index contributed by atoms with van der Waals surface area (Å²) in [6.07, 6.45) is 0.266. The first-order valence-electron chi connectivity index (χ1n) is 13.0. The molecule has 2 aromatic carbocycles. The van der Waals surface area contributed by atoms with Crippen molar-refractivity contribution >= 4 is 28.8 Å². The molecule has 198 valence electrons. The van der Waals surface area contributed by atoms with Crippen molar-refractivity contribution in [2.75, 3.05) is 33.2 Å². The van der Waals surface area contributed by atoms with Crippen molar-refractivity contribution in [3.8, 4) is 0 Å². The molecule has 1 fully saturated rings. The fourth-order valence-electron chi connectivity index (χ4n) is 5.18. The zero-order valence-electron chi connectivity index (χ0n) is 22.4. The smallest absolute Gasteiger partial charge is 0.338 e. The number of hydrogen-bond acceptors (Lipinski definition) is 7. The highest BCUT2D eigenvalue weighted by Crippen LogP contribution is 2.45. The monoisotopic (exact) mass is 530 g/mol. The van der Waals surface area contributed by atoms with Gasteiger partial charge in [-0.15, -0.1) is 0 Å². The van der Waals surface area contributed by atoms with Crippen molar-refractivity contribution in [1.82, 2.24) is 14.7 Å². The van der Waals surface area contributed by atoms with E-state index < -0.39 is 6.04 Å². The molecule has 0 aromatic heterocycles. The molecule has 0 bridgehead atoms. The quantitative estimate of drug-likeness (QED) is 0.501. The summed E-state index contributed by atoms with van der Waals surface area (Å²) in [5.41, 5.74) is 6.19. The van der Waals surface area contributed by atoms with Gasteiger partial charge in [-0.1, -0.05) is 65.9 Å². The lowest BCUT2D eigenvalue weighted by Crippen LogP contribution is -2.47. The number of piperazine rings is 1. The van der Waals surface area contributed by atoms with Gasteiger partial charge in [-0.05, 0) is 49.9 Å². The Morgan fingerprint density at radius 1 is 1.03 bits per heavy atom. The number of carbonyl (C=O) groups is 2. The SMILES string of the molecule is CC1=C(C(=O)OCc2ccccc2)C(c2ccc(C)cc2C)N2C(CC(=O)N3CCN(C)CC3)=CSC2=N1. The number of hydrogen-bond donors (Lipinski definition) is 0. The topological polar surface area (TPSA) is 65.5 Å². The van der Waals surface area contributed by atoms with E-state index in [1.807, 2.05) is 47.6 Å². The minimum absolute atomic E-state index is 0.102. The average molecular weight is 531 g/mol. The van der Waals surface area contributed by atoms with Crippen molar-refractivity contribution in [2.24, 2.45) is 4.99 Å². The first kappa shape index (κ1) is 26.3. The lowest BCUT2D eigenvalue weighted by atomic mass is 9.90. The molecule has 1 saturated heterocycles. The number of allylic oxidation sites excluding steroid dienone is 1. The predicted octanol–water partition coefficient (Wildman–Crippen LogP) is 4.79. The summed E-state index contributed by atoms with van der Waals surface area (Å²) in [6.45, 7) is 9.39. The minimum atomic E-state index is -0.423. The molecule has 38 heavy (non-hydrogen) atoms. The summed E-state index contributed by atoms with van der Waals surface area (Å²) in [7, 11) is 2.08. The van der Waals surface area contributed by atoms with Crippen LogP contribution in [0.5, 0.6) is 0 Å². The molecule has 7 nitrogen and oxygen atoms in total. The Labute approximate surface area is 228 Å². The number of benzene rings is 2. The maximum absolute atomic E-state index is 13.7. The molecule has 0 radical (unpaired) electrons. The molecule has 8 heteroatoms. The molecular weight excluding hydrogens is 496 g/mol. The van der Waals surface area contributed by atoms with Crippen LogP contribution in [0.3, 0.4) is 0 Å². The number of amidine groups is 1. The van der Waals surface area contributed by atoms with Crippen molar-refractivity contribution in [3.05, 3.63) is 93.2 Å². The second-order valence-electron chi connectivity index (χ2n) is 10.2. The number of thioether (sulfide) groups is 1. The molecule has 1 atom stereocenters. The standard InChI is InChI=1S/C30H34N4O3S/c1-20-10-11-25(21(2)16-20)28-27(29(36)37-18-23-8-6-5-7-9-23)22(3)31-30-34(28)24(19-38-30)17-26(35)33-14-12-32(4)13-15-33/h5-11,16,19,28H,12-15,17-18H2,1-4H3. The maximum Gasteiger partial charge on any atom is 0.338 e. The molecule has 1 unspecified atom stereocenters. The summed E-state index contributed by atoms with van der Waals surface area (Å²) in [6, 6.07) is 15.5. The van der Waals surface area contributed by atoms with Gasteiger partial charge in [-0.2, -0.15) is 0 Å². The van der Waals surface area contributed by atoms with Crippen LogP contribution in [0.4, 0.5) is 0 Å². The Balaban J connectivity index is 1.46. The largest absolute Gasteiger partial charge is 0.457 e. The molecule has 3 aliphatic heterocycles. The number of amides is 1. The van der Waals surface area contributed by atoms with Gasteiger partial charge in [0.05, 0.1) is 23.7 Å². The van der Waals surface area contributed by atoms with E-state index in [1.165, 1.54) is 11.8 Å². The van der Waals surface area contributed by atoms with Crippen LogP contribution in [-0.2, 0) is 20.9 Å². The van der Waals surface area contributed by atoms with Crippen molar-refractivity contribution in [1.29, 1.82) is 0 Å². The molecule has 0 spiro atoms. The molecule has 2 aromatic rings. The van der Waals surface area contributed by atoms with Crippen LogP contribution in [0.25, 0.3) is 0 Å². The van der Waals surface area contributed by atoms with E-state index in [-0.39, 0.29) is 24.9 Å². The van der Waals surface area contributed by atoms with Gasteiger partial charge in [0.1, 0.15) is 6.61 Å². The zero-order valence-corrected chi connectivity index (χ0v) is 23.3. The molecular formula is C30H34N4O3S. The number of rotatable bonds is 6. The van der Waals surface area contributed by atoms with E-state index in [0.29, 0.717) is 11.3 Å². The van der Waals surface area contributed by atoms with Crippen LogP contribution >= 0.6 is 11.8 Å². The normalized spacial score (nSPS) is 19.7. The molecule has 3 heterocycles. The fourth-order valence-corrected chi connectivity index (χ4v) is 6.15. The van der Waals surface area contributed by atoms with Crippen LogP contribution < -0.4 is 0 Å². The van der Waals surface area contributed by atoms with Gasteiger partial charge in [0.15, 0.2) is 5.17 Å². The minimum Gasteiger partial charge on any atom is -0.457 e. The van der Waals surface area contributed by atoms with E-state index in [0.717, 1.165) is 59.3 Å². The first-order chi connectivity index (χ1) is 18.3. The number of esters is 1.